The van der Waals surface area contributed by atoms with Crippen LogP contribution in [0.1, 0.15) is 36.9 Å². The summed E-state index contributed by atoms with van der Waals surface area (Å²) in [5.41, 5.74) is 2.93. The molecule has 0 aromatic heterocycles. The Balaban J connectivity index is 1.25. The Bertz CT molecular complexity index is 1280. The standard InChI is InChI=1S/C30H34FN3O3/c1-2-37-19-25(35)18-33-20-34(24-11-9-23(31)10-12-24)30(29(33)36)13-15-32(16-14-30)27-17-22-7-3-5-21-6-4-8-26(27)28(21)22/h3-12,25,27,35H,2,13-20H2,1H3/t25-,27?/m1/s1. The smallest absolute Gasteiger partial charge is 0.250 e. The Kier molecular flexibility index (Phi) is 6.39. The summed E-state index contributed by atoms with van der Waals surface area (Å²) >= 11 is 0. The molecule has 7 heteroatoms. The number of amides is 1. The molecular weight excluding hydrogens is 469 g/mol. The lowest BCUT2D eigenvalue weighted by Crippen LogP contribution is -2.57. The zero-order valence-electron chi connectivity index (χ0n) is 21.3. The maximum atomic E-state index is 13.9. The molecule has 194 valence electrons. The second-order valence-electron chi connectivity index (χ2n) is 10.5. The van der Waals surface area contributed by atoms with Crippen LogP contribution in [0.5, 0.6) is 0 Å². The third-order valence-corrected chi connectivity index (χ3v) is 8.46. The van der Waals surface area contributed by atoms with E-state index >= 15 is 0 Å². The molecule has 2 saturated heterocycles. The first kappa shape index (κ1) is 24.3. The number of likely N-dealkylation sites (tertiary alicyclic amines) is 1. The highest BCUT2D eigenvalue weighted by molar-refractivity contribution is 5.94. The van der Waals surface area contributed by atoms with E-state index in [1.807, 2.05) is 6.92 Å². The summed E-state index contributed by atoms with van der Waals surface area (Å²) in [6.45, 7) is 4.80. The van der Waals surface area contributed by atoms with Gasteiger partial charge < -0.3 is 19.6 Å². The van der Waals surface area contributed by atoms with E-state index in [9.17, 15) is 14.3 Å². The maximum Gasteiger partial charge on any atom is 0.250 e. The number of aliphatic hydroxyl groups is 1. The molecule has 1 unspecified atom stereocenters. The van der Waals surface area contributed by atoms with E-state index in [1.165, 1.54) is 34.0 Å². The van der Waals surface area contributed by atoms with E-state index in [-0.39, 0.29) is 24.9 Å². The average Bonchev–Trinajstić information content (AvgIpc) is 3.42. The molecule has 6 rings (SSSR count). The van der Waals surface area contributed by atoms with Gasteiger partial charge >= 0.3 is 0 Å². The number of halogens is 1. The molecule has 0 radical (unpaired) electrons. The Morgan fingerprint density at radius 3 is 2.54 bits per heavy atom. The molecule has 3 aromatic rings. The molecule has 3 aliphatic rings. The van der Waals surface area contributed by atoms with Gasteiger partial charge in [0.1, 0.15) is 11.4 Å². The predicted molar refractivity (Wildman–Crippen MR) is 142 cm³/mol. The van der Waals surface area contributed by atoms with Gasteiger partial charge in [0.25, 0.3) is 0 Å². The van der Waals surface area contributed by atoms with E-state index < -0.39 is 11.6 Å². The number of benzene rings is 3. The van der Waals surface area contributed by atoms with Gasteiger partial charge in [0, 0.05) is 31.4 Å². The third-order valence-electron chi connectivity index (χ3n) is 8.46. The number of aliphatic hydroxyl groups excluding tert-OH is 1. The van der Waals surface area contributed by atoms with Crippen LogP contribution in [0, 0.1) is 5.82 Å². The van der Waals surface area contributed by atoms with Crippen molar-refractivity contribution in [1.29, 1.82) is 0 Å². The number of ether oxygens (including phenoxy) is 1. The Morgan fingerprint density at radius 1 is 1.08 bits per heavy atom. The van der Waals surface area contributed by atoms with Crippen LogP contribution in [0.25, 0.3) is 10.8 Å². The van der Waals surface area contributed by atoms with E-state index in [1.54, 1.807) is 17.0 Å². The third kappa shape index (κ3) is 4.19. The Morgan fingerprint density at radius 2 is 1.81 bits per heavy atom. The van der Waals surface area contributed by atoms with Gasteiger partial charge in [0.15, 0.2) is 0 Å². The number of hydrogen-bond donors (Lipinski definition) is 1. The van der Waals surface area contributed by atoms with Gasteiger partial charge in [-0.2, -0.15) is 0 Å². The summed E-state index contributed by atoms with van der Waals surface area (Å²) in [7, 11) is 0. The van der Waals surface area contributed by atoms with Crippen molar-refractivity contribution < 1.29 is 19.0 Å². The minimum atomic E-state index is -0.744. The summed E-state index contributed by atoms with van der Waals surface area (Å²) in [5.74, 6) is -0.249. The lowest BCUT2D eigenvalue weighted by Gasteiger charge is -2.45. The second-order valence-corrected chi connectivity index (χ2v) is 10.5. The number of nitrogens with zero attached hydrogens (tertiary/aromatic N) is 3. The fourth-order valence-corrected chi connectivity index (χ4v) is 6.66. The first-order chi connectivity index (χ1) is 18.0. The number of anilines is 1. The molecule has 2 fully saturated rings. The van der Waals surface area contributed by atoms with Gasteiger partial charge in [-0.25, -0.2) is 4.39 Å². The Hall–Kier alpha value is -3.00. The largest absolute Gasteiger partial charge is 0.389 e. The maximum absolute atomic E-state index is 13.9. The van der Waals surface area contributed by atoms with Crippen LogP contribution in [0.2, 0.25) is 0 Å². The van der Waals surface area contributed by atoms with E-state index in [4.69, 9.17) is 4.74 Å². The minimum absolute atomic E-state index is 0.0452. The van der Waals surface area contributed by atoms with Crippen molar-refractivity contribution >= 4 is 22.4 Å². The molecule has 1 spiro atoms. The monoisotopic (exact) mass is 503 g/mol. The fourth-order valence-electron chi connectivity index (χ4n) is 6.66. The summed E-state index contributed by atoms with van der Waals surface area (Å²) in [6, 6.07) is 19.9. The van der Waals surface area contributed by atoms with Crippen LogP contribution in [0.4, 0.5) is 10.1 Å². The van der Waals surface area contributed by atoms with E-state index in [0.29, 0.717) is 32.2 Å². The molecule has 1 amide bonds. The summed E-state index contributed by atoms with van der Waals surface area (Å²) in [5, 5.41) is 13.2. The molecule has 0 saturated carbocycles. The van der Waals surface area contributed by atoms with Gasteiger partial charge in [0.2, 0.25) is 5.91 Å². The molecule has 1 aliphatic carbocycles. The zero-order chi connectivity index (χ0) is 25.6. The van der Waals surface area contributed by atoms with Gasteiger partial charge in [-0.3, -0.25) is 9.69 Å². The van der Waals surface area contributed by atoms with Crippen LogP contribution < -0.4 is 4.90 Å². The van der Waals surface area contributed by atoms with Crippen molar-refractivity contribution in [3.63, 3.8) is 0 Å². The molecule has 2 heterocycles. The van der Waals surface area contributed by atoms with Gasteiger partial charge in [0.05, 0.1) is 25.9 Å². The Labute approximate surface area is 217 Å². The van der Waals surface area contributed by atoms with Gasteiger partial charge in [-0.1, -0.05) is 36.4 Å². The number of piperidine rings is 1. The molecular formula is C30H34FN3O3. The normalized spacial score (nSPS) is 21.9. The average molecular weight is 504 g/mol. The second kappa shape index (κ2) is 9.71. The molecule has 2 aliphatic heterocycles. The number of hydrogen-bond acceptors (Lipinski definition) is 5. The van der Waals surface area contributed by atoms with Crippen LogP contribution in [-0.2, 0) is 16.0 Å². The highest BCUT2D eigenvalue weighted by Crippen LogP contribution is 2.45. The summed E-state index contributed by atoms with van der Waals surface area (Å²) < 4.78 is 19.1. The lowest BCUT2D eigenvalue weighted by molar-refractivity contribution is -0.135. The molecule has 37 heavy (non-hydrogen) atoms. The highest BCUT2D eigenvalue weighted by Gasteiger charge is 2.54. The number of β-amino-alcohol motifs (C(OH)–C–C–N with tert-alkyl or cyclic N) is 1. The number of rotatable bonds is 7. The van der Waals surface area contributed by atoms with E-state index in [0.717, 1.165) is 25.2 Å². The molecule has 0 bridgehead atoms. The van der Waals surface area contributed by atoms with E-state index in [2.05, 4.69) is 46.2 Å². The highest BCUT2D eigenvalue weighted by atomic mass is 19.1. The van der Waals surface area contributed by atoms with Gasteiger partial charge in [-0.15, -0.1) is 0 Å². The van der Waals surface area contributed by atoms with Crippen LogP contribution in [0.15, 0.2) is 60.7 Å². The molecule has 6 nitrogen and oxygen atoms in total. The van der Waals surface area contributed by atoms with Crippen LogP contribution >= 0.6 is 0 Å². The quantitative estimate of drug-likeness (QED) is 0.526. The summed E-state index contributed by atoms with van der Waals surface area (Å²) in [6.07, 6.45) is 1.62. The predicted octanol–water partition coefficient (Wildman–Crippen LogP) is 4.11. The topological polar surface area (TPSA) is 56.3 Å². The van der Waals surface area contributed by atoms with Crippen molar-refractivity contribution in [3.8, 4) is 0 Å². The first-order valence-corrected chi connectivity index (χ1v) is 13.3. The molecule has 2 atom stereocenters. The van der Waals surface area contributed by atoms with Crippen LogP contribution in [-0.4, -0.2) is 72.0 Å². The van der Waals surface area contributed by atoms with Crippen molar-refractivity contribution in [2.45, 2.75) is 43.9 Å². The zero-order valence-corrected chi connectivity index (χ0v) is 21.3. The number of carbonyl (C=O) groups is 1. The van der Waals surface area contributed by atoms with Crippen molar-refractivity contribution in [2.24, 2.45) is 0 Å². The summed E-state index contributed by atoms with van der Waals surface area (Å²) in [4.78, 5) is 20.3. The number of carbonyl (C=O) groups excluding carboxylic acids is 1. The van der Waals surface area contributed by atoms with Crippen molar-refractivity contribution in [3.05, 3.63) is 77.6 Å². The van der Waals surface area contributed by atoms with Crippen molar-refractivity contribution in [1.82, 2.24) is 9.80 Å². The van der Waals surface area contributed by atoms with Crippen LogP contribution in [0.3, 0.4) is 0 Å². The minimum Gasteiger partial charge on any atom is -0.389 e. The molecule has 1 N–H and O–H groups in total. The SMILES string of the molecule is CCOC[C@H](O)CN1CN(c2ccc(F)cc2)C2(CCN(C3Cc4cccc5cccc3c45)CC2)C1=O. The molecule has 3 aromatic carbocycles. The fraction of sp³-hybridized carbons (Fsp3) is 0.433. The lowest BCUT2D eigenvalue weighted by atomic mass is 9.84. The van der Waals surface area contributed by atoms with Gasteiger partial charge in [-0.05, 0) is 72.4 Å². The first-order valence-electron chi connectivity index (χ1n) is 13.3. The van der Waals surface area contributed by atoms with Crippen molar-refractivity contribution in [2.75, 3.05) is 44.4 Å².